The molecule has 25 heavy (non-hydrogen) atoms. The molecule has 3 rings (SSSR count). The number of phenolic OH excluding ortho intramolecular Hbond substituents is 1. The first-order valence-corrected chi connectivity index (χ1v) is 7.93. The Kier molecular flexibility index (Phi) is 4.76. The summed E-state index contributed by atoms with van der Waals surface area (Å²) in [6.45, 7) is 2.82. The van der Waals surface area contributed by atoms with Crippen molar-refractivity contribution in [2.45, 2.75) is 13.0 Å². The highest BCUT2D eigenvalue weighted by molar-refractivity contribution is 5.97. The molecule has 1 aliphatic rings. The van der Waals surface area contributed by atoms with Gasteiger partial charge in [-0.3, -0.25) is 14.6 Å². The van der Waals surface area contributed by atoms with Crippen molar-refractivity contribution in [3.05, 3.63) is 58.7 Å². The molecule has 1 aliphatic heterocycles. The molecular formula is C18H18FN3O3. The molecule has 0 spiro atoms. The van der Waals surface area contributed by atoms with Crippen LogP contribution in [0.1, 0.15) is 38.0 Å². The van der Waals surface area contributed by atoms with Gasteiger partial charge in [0, 0.05) is 37.0 Å². The summed E-state index contributed by atoms with van der Waals surface area (Å²) in [6.07, 6.45) is 2.06. The quantitative estimate of drug-likeness (QED) is 0.831. The standard InChI is InChI=1S/C18H18FN3O3/c1-11-13(5-4-12(10-23)17(11)24)18(25)22-8-7-20-15(9-22)16-14(19)3-2-6-21-16/h2-6,10,15,20,24H,7-9H2,1H3. The van der Waals surface area contributed by atoms with Crippen molar-refractivity contribution in [1.82, 2.24) is 15.2 Å². The fraction of sp³-hybridized carbons (Fsp3) is 0.278. The summed E-state index contributed by atoms with van der Waals surface area (Å²) >= 11 is 0. The van der Waals surface area contributed by atoms with Gasteiger partial charge in [0.1, 0.15) is 11.6 Å². The van der Waals surface area contributed by atoms with Crippen LogP contribution >= 0.6 is 0 Å². The molecule has 0 aliphatic carbocycles. The maximum Gasteiger partial charge on any atom is 0.254 e. The van der Waals surface area contributed by atoms with Gasteiger partial charge in [0.25, 0.3) is 5.91 Å². The minimum Gasteiger partial charge on any atom is -0.507 e. The number of rotatable bonds is 3. The predicted molar refractivity (Wildman–Crippen MR) is 89.1 cm³/mol. The minimum atomic E-state index is -0.418. The van der Waals surface area contributed by atoms with Gasteiger partial charge in [-0.05, 0) is 31.2 Å². The van der Waals surface area contributed by atoms with Crippen LogP contribution in [0.2, 0.25) is 0 Å². The highest BCUT2D eigenvalue weighted by Crippen LogP contribution is 2.26. The lowest BCUT2D eigenvalue weighted by Gasteiger charge is -2.34. The van der Waals surface area contributed by atoms with E-state index in [4.69, 9.17) is 0 Å². The topological polar surface area (TPSA) is 82.5 Å². The molecule has 2 heterocycles. The molecule has 1 saturated heterocycles. The van der Waals surface area contributed by atoms with Gasteiger partial charge in [-0.2, -0.15) is 0 Å². The van der Waals surface area contributed by atoms with Crippen molar-refractivity contribution < 1.29 is 19.1 Å². The number of aromatic hydroxyl groups is 1. The second kappa shape index (κ2) is 6.98. The molecule has 7 heteroatoms. The zero-order valence-electron chi connectivity index (χ0n) is 13.7. The first-order valence-electron chi connectivity index (χ1n) is 7.93. The molecule has 1 aromatic heterocycles. The number of pyridine rings is 1. The molecule has 2 aromatic rings. The normalized spacial score (nSPS) is 17.4. The molecule has 1 atom stereocenters. The number of aldehydes is 1. The Morgan fingerprint density at radius 3 is 2.96 bits per heavy atom. The number of benzene rings is 1. The molecule has 130 valence electrons. The van der Waals surface area contributed by atoms with Gasteiger partial charge in [0.05, 0.1) is 17.3 Å². The first kappa shape index (κ1) is 17.0. The lowest BCUT2D eigenvalue weighted by Crippen LogP contribution is -2.48. The van der Waals surface area contributed by atoms with Crippen molar-refractivity contribution >= 4 is 12.2 Å². The van der Waals surface area contributed by atoms with Crippen LogP contribution in [0, 0.1) is 12.7 Å². The number of carbonyl (C=O) groups excluding carboxylic acids is 2. The number of aromatic nitrogens is 1. The molecule has 1 unspecified atom stereocenters. The Morgan fingerprint density at radius 2 is 2.24 bits per heavy atom. The number of carbonyl (C=O) groups is 2. The van der Waals surface area contributed by atoms with Gasteiger partial charge >= 0.3 is 0 Å². The van der Waals surface area contributed by atoms with E-state index in [0.717, 1.165) is 0 Å². The van der Waals surface area contributed by atoms with Crippen molar-refractivity contribution in [2.75, 3.05) is 19.6 Å². The average molecular weight is 343 g/mol. The van der Waals surface area contributed by atoms with Crippen molar-refractivity contribution in [1.29, 1.82) is 0 Å². The Labute approximate surface area is 144 Å². The van der Waals surface area contributed by atoms with Gasteiger partial charge in [0.15, 0.2) is 6.29 Å². The van der Waals surface area contributed by atoms with Crippen LogP contribution in [0.5, 0.6) is 5.75 Å². The molecule has 0 radical (unpaired) electrons. The number of hydrogen-bond acceptors (Lipinski definition) is 5. The lowest BCUT2D eigenvalue weighted by atomic mass is 10.0. The summed E-state index contributed by atoms with van der Waals surface area (Å²) in [5.41, 5.74) is 1.10. The van der Waals surface area contributed by atoms with E-state index in [2.05, 4.69) is 10.3 Å². The Bertz CT molecular complexity index is 825. The van der Waals surface area contributed by atoms with E-state index in [9.17, 15) is 19.1 Å². The fourth-order valence-corrected chi connectivity index (χ4v) is 2.99. The minimum absolute atomic E-state index is 0.141. The highest BCUT2D eigenvalue weighted by atomic mass is 19.1. The van der Waals surface area contributed by atoms with Crippen LogP contribution in [-0.2, 0) is 0 Å². The molecule has 1 amide bonds. The van der Waals surface area contributed by atoms with Crippen LogP contribution in [0.3, 0.4) is 0 Å². The summed E-state index contributed by atoms with van der Waals surface area (Å²) in [7, 11) is 0. The van der Waals surface area contributed by atoms with Gasteiger partial charge in [0.2, 0.25) is 0 Å². The fourth-order valence-electron chi connectivity index (χ4n) is 2.99. The summed E-state index contributed by atoms with van der Waals surface area (Å²) in [5, 5.41) is 13.2. The largest absolute Gasteiger partial charge is 0.507 e. The Balaban J connectivity index is 1.85. The molecular weight excluding hydrogens is 325 g/mol. The van der Waals surface area contributed by atoms with E-state index in [0.29, 0.717) is 30.5 Å². The molecule has 1 fully saturated rings. The summed E-state index contributed by atoms with van der Waals surface area (Å²) in [6, 6.07) is 5.40. The second-order valence-electron chi connectivity index (χ2n) is 5.92. The first-order chi connectivity index (χ1) is 12.0. The SMILES string of the molecule is Cc1c(C(=O)N2CCNC(c3ncccc3F)C2)ccc(C=O)c1O. The zero-order chi connectivity index (χ0) is 18.0. The van der Waals surface area contributed by atoms with Crippen LogP contribution in [0.25, 0.3) is 0 Å². The number of nitrogens with zero attached hydrogens (tertiary/aromatic N) is 2. The number of piperazine rings is 1. The van der Waals surface area contributed by atoms with Gasteiger partial charge in [-0.15, -0.1) is 0 Å². The van der Waals surface area contributed by atoms with E-state index >= 15 is 0 Å². The van der Waals surface area contributed by atoms with Crippen molar-refractivity contribution in [2.24, 2.45) is 0 Å². The number of halogens is 1. The van der Waals surface area contributed by atoms with E-state index < -0.39 is 11.9 Å². The summed E-state index contributed by atoms with van der Waals surface area (Å²) in [4.78, 5) is 29.4. The summed E-state index contributed by atoms with van der Waals surface area (Å²) < 4.78 is 14.0. The molecule has 0 saturated carbocycles. The monoisotopic (exact) mass is 343 g/mol. The van der Waals surface area contributed by atoms with E-state index in [1.54, 1.807) is 11.8 Å². The van der Waals surface area contributed by atoms with Gasteiger partial charge in [-0.1, -0.05) is 0 Å². The van der Waals surface area contributed by atoms with Gasteiger partial charge in [-0.25, -0.2) is 4.39 Å². The van der Waals surface area contributed by atoms with Crippen LogP contribution in [0.15, 0.2) is 30.5 Å². The van der Waals surface area contributed by atoms with Gasteiger partial charge < -0.3 is 15.3 Å². The number of nitrogens with one attached hydrogen (secondary N) is 1. The third kappa shape index (κ3) is 3.23. The molecule has 6 nitrogen and oxygen atoms in total. The maximum atomic E-state index is 14.0. The van der Waals surface area contributed by atoms with Crippen molar-refractivity contribution in [3.8, 4) is 5.75 Å². The highest BCUT2D eigenvalue weighted by Gasteiger charge is 2.28. The second-order valence-corrected chi connectivity index (χ2v) is 5.92. The number of hydrogen-bond donors (Lipinski definition) is 2. The molecule has 0 bridgehead atoms. The van der Waals surface area contributed by atoms with Crippen LogP contribution < -0.4 is 5.32 Å². The third-order valence-electron chi connectivity index (χ3n) is 4.40. The maximum absolute atomic E-state index is 14.0. The number of amides is 1. The smallest absolute Gasteiger partial charge is 0.254 e. The third-order valence-corrected chi connectivity index (χ3v) is 4.40. The summed E-state index contributed by atoms with van der Waals surface area (Å²) in [5.74, 6) is -0.880. The van der Waals surface area contributed by atoms with Crippen molar-refractivity contribution in [3.63, 3.8) is 0 Å². The average Bonchev–Trinajstić information content (AvgIpc) is 2.64. The number of phenols is 1. The van der Waals surface area contributed by atoms with E-state index in [-0.39, 0.29) is 29.5 Å². The molecule has 2 N–H and O–H groups in total. The van der Waals surface area contributed by atoms with E-state index in [1.165, 1.54) is 30.5 Å². The predicted octanol–water partition coefficient (Wildman–Crippen LogP) is 1.83. The van der Waals surface area contributed by atoms with Crippen LogP contribution in [-0.4, -0.2) is 46.8 Å². The Morgan fingerprint density at radius 1 is 1.44 bits per heavy atom. The zero-order valence-corrected chi connectivity index (χ0v) is 13.7. The van der Waals surface area contributed by atoms with E-state index in [1.807, 2.05) is 0 Å². The van der Waals surface area contributed by atoms with Crippen LogP contribution in [0.4, 0.5) is 4.39 Å². The lowest BCUT2D eigenvalue weighted by molar-refractivity contribution is 0.0698. The Hall–Kier alpha value is -2.80. The molecule has 1 aromatic carbocycles.